The van der Waals surface area contributed by atoms with Crippen LogP contribution in [0.5, 0.6) is 0 Å². The first-order valence-electron chi connectivity index (χ1n) is 9.03. The van der Waals surface area contributed by atoms with Gasteiger partial charge in [0.05, 0.1) is 0 Å². The molecule has 0 amide bonds. The highest BCUT2D eigenvalue weighted by Crippen LogP contribution is 2.18. The van der Waals surface area contributed by atoms with Crippen molar-refractivity contribution in [3.63, 3.8) is 0 Å². The van der Waals surface area contributed by atoms with Gasteiger partial charge in [-0.25, -0.2) is 0 Å². The van der Waals surface area contributed by atoms with Crippen molar-refractivity contribution in [3.05, 3.63) is 113 Å². The molecule has 1 unspecified atom stereocenters. The van der Waals surface area contributed by atoms with Crippen LogP contribution in [0.3, 0.4) is 0 Å². The van der Waals surface area contributed by atoms with Gasteiger partial charge in [0.15, 0.2) is 17.3 Å². The first-order valence-corrected chi connectivity index (χ1v) is 9.03. The van der Waals surface area contributed by atoms with E-state index in [0.29, 0.717) is 11.1 Å². The summed E-state index contributed by atoms with van der Waals surface area (Å²) in [4.78, 5) is 39.0. The van der Waals surface area contributed by atoms with Gasteiger partial charge in [-0.05, 0) is 24.6 Å². The predicted molar refractivity (Wildman–Crippen MR) is 110 cm³/mol. The maximum atomic E-state index is 13.1. The summed E-state index contributed by atoms with van der Waals surface area (Å²) in [5.41, 5.74) is 2.42. The Balaban J connectivity index is 1.96. The van der Waals surface area contributed by atoms with Crippen molar-refractivity contribution in [2.75, 3.05) is 0 Å². The Bertz CT molecular complexity index is 1020. The number of carbonyl (C=O) groups is 3. The number of hydrogen-bond donors (Lipinski definition) is 0. The fraction of sp³-hybridized carbons (Fsp3) is 0.0800. The zero-order valence-corrected chi connectivity index (χ0v) is 15.5. The molecule has 3 rings (SSSR count). The quantitative estimate of drug-likeness (QED) is 0.336. The van der Waals surface area contributed by atoms with E-state index in [-0.39, 0.29) is 0 Å². The number of benzene rings is 3. The van der Waals surface area contributed by atoms with E-state index in [1.54, 1.807) is 54.6 Å². The van der Waals surface area contributed by atoms with Gasteiger partial charge in [0.2, 0.25) is 0 Å². The first-order chi connectivity index (χ1) is 13.6. The highest BCUT2D eigenvalue weighted by atomic mass is 16.2. The van der Waals surface area contributed by atoms with E-state index in [2.05, 4.69) is 0 Å². The van der Waals surface area contributed by atoms with E-state index in [1.807, 2.05) is 43.3 Å². The van der Waals surface area contributed by atoms with Crippen LogP contribution in [0.1, 0.15) is 31.8 Å². The van der Waals surface area contributed by atoms with Crippen molar-refractivity contribution in [3.8, 4) is 0 Å². The van der Waals surface area contributed by atoms with Crippen LogP contribution in [0, 0.1) is 12.8 Å². The zero-order valence-electron chi connectivity index (χ0n) is 15.5. The predicted octanol–water partition coefficient (Wildman–Crippen LogP) is 4.96. The van der Waals surface area contributed by atoms with E-state index in [4.69, 9.17) is 0 Å². The molecule has 3 heteroatoms. The van der Waals surface area contributed by atoms with Crippen LogP contribution in [0.15, 0.2) is 91.0 Å². The molecule has 3 aromatic carbocycles. The first kappa shape index (κ1) is 19.2. The molecule has 3 aromatic rings. The third-order valence-electron chi connectivity index (χ3n) is 4.41. The Morgan fingerprint density at radius 1 is 0.714 bits per heavy atom. The Morgan fingerprint density at radius 3 is 1.93 bits per heavy atom. The van der Waals surface area contributed by atoms with Crippen LogP contribution in [-0.4, -0.2) is 17.3 Å². The number of rotatable bonds is 7. The number of aryl methyl sites for hydroxylation is 1. The number of ketones is 3. The molecule has 0 saturated heterocycles. The highest BCUT2D eigenvalue weighted by Gasteiger charge is 2.33. The van der Waals surface area contributed by atoms with Crippen molar-refractivity contribution in [2.45, 2.75) is 6.92 Å². The van der Waals surface area contributed by atoms with E-state index in [0.717, 1.165) is 11.1 Å². The van der Waals surface area contributed by atoms with Gasteiger partial charge in [0.1, 0.15) is 5.92 Å². The molecule has 0 spiro atoms. The molecular formula is C25H20O3. The molecular weight excluding hydrogens is 348 g/mol. The van der Waals surface area contributed by atoms with Gasteiger partial charge < -0.3 is 0 Å². The van der Waals surface area contributed by atoms with Gasteiger partial charge in [0, 0.05) is 11.1 Å². The molecule has 0 aliphatic heterocycles. The van der Waals surface area contributed by atoms with Crippen molar-refractivity contribution < 1.29 is 14.4 Å². The fourth-order valence-electron chi connectivity index (χ4n) is 2.95. The number of allylic oxidation sites excluding steroid dienone is 1. The summed E-state index contributed by atoms with van der Waals surface area (Å²) in [6.45, 7) is 1.86. The van der Waals surface area contributed by atoms with E-state index < -0.39 is 23.3 Å². The Kier molecular flexibility index (Phi) is 6.07. The summed E-state index contributed by atoms with van der Waals surface area (Å²) in [6.07, 6.45) is 2.94. The SMILES string of the molecule is Cc1cccc(C(=O)C(C(=O)C=Cc2ccccc2)C(=O)c2ccccc2)c1. The molecule has 3 nitrogen and oxygen atoms in total. The number of Topliss-reactive ketones (excluding diaryl/α,β-unsaturated/α-hetero) is 2. The summed E-state index contributed by atoms with van der Waals surface area (Å²) in [5, 5.41) is 0. The largest absolute Gasteiger partial charge is 0.294 e. The van der Waals surface area contributed by atoms with Crippen molar-refractivity contribution in [2.24, 2.45) is 5.92 Å². The van der Waals surface area contributed by atoms with Gasteiger partial charge in [-0.1, -0.05) is 90.5 Å². The molecule has 28 heavy (non-hydrogen) atoms. The summed E-state index contributed by atoms with van der Waals surface area (Å²) in [7, 11) is 0. The van der Waals surface area contributed by atoms with Gasteiger partial charge in [0.25, 0.3) is 0 Å². The minimum absolute atomic E-state index is 0.343. The molecule has 0 radical (unpaired) electrons. The highest BCUT2D eigenvalue weighted by molar-refractivity contribution is 6.30. The van der Waals surface area contributed by atoms with Crippen LogP contribution in [0.4, 0.5) is 0 Å². The zero-order chi connectivity index (χ0) is 19.9. The lowest BCUT2D eigenvalue weighted by atomic mass is 9.86. The van der Waals surface area contributed by atoms with E-state index >= 15 is 0 Å². The van der Waals surface area contributed by atoms with Gasteiger partial charge in [-0.2, -0.15) is 0 Å². The molecule has 0 N–H and O–H groups in total. The molecule has 1 atom stereocenters. The Labute approximate surface area is 164 Å². The van der Waals surface area contributed by atoms with Crippen LogP contribution in [0.25, 0.3) is 6.08 Å². The Hall–Kier alpha value is -3.59. The normalized spacial score (nSPS) is 11.9. The van der Waals surface area contributed by atoms with Crippen molar-refractivity contribution >= 4 is 23.4 Å². The van der Waals surface area contributed by atoms with Crippen LogP contribution >= 0.6 is 0 Å². The van der Waals surface area contributed by atoms with Crippen LogP contribution < -0.4 is 0 Å². The van der Waals surface area contributed by atoms with Crippen molar-refractivity contribution in [1.29, 1.82) is 0 Å². The molecule has 0 aliphatic carbocycles. The minimum Gasteiger partial charge on any atom is -0.294 e. The molecule has 0 heterocycles. The van der Waals surface area contributed by atoms with Crippen molar-refractivity contribution in [1.82, 2.24) is 0 Å². The molecule has 0 aliphatic rings. The molecule has 0 aromatic heterocycles. The lowest BCUT2D eigenvalue weighted by Gasteiger charge is -2.13. The molecule has 0 bridgehead atoms. The smallest absolute Gasteiger partial charge is 0.181 e. The topological polar surface area (TPSA) is 51.2 Å². The second kappa shape index (κ2) is 8.87. The standard InChI is InChI=1S/C25H20O3/c1-18-9-8-14-21(17-18)25(28)23(24(27)20-12-6-3-7-13-20)22(26)16-15-19-10-4-2-5-11-19/h2-17,23H,1H3. The molecule has 0 saturated carbocycles. The van der Waals surface area contributed by atoms with Gasteiger partial charge in [-0.15, -0.1) is 0 Å². The van der Waals surface area contributed by atoms with Crippen LogP contribution in [-0.2, 0) is 4.79 Å². The third kappa shape index (κ3) is 4.57. The second-order valence-corrected chi connectivity index (χ2v) is 6.54. The average molecular weight is 368 g/mol. The summed E-state index contributed by atoms with van der Waals surface area (Å²) in [6, 6.07) is 24.7. The lowest BCUT2D eigenvalue weighted by molar-refractivity contribution is -0.115. The maximum Gasteiger partial charge on any atom is 0.181 e. The number of hydrogen-bond acceptors (Lipinski definition) is 3. The monoisotopic (exact) mass is 368 g/mol. The third-order valence-corrected chi connectivity index (χ3v) is 4.41. The number of carbonyl (C=O) groups excluding carboxylic acids is 3. The van der Waals surface area contributed by atoms with Gasteiger partial charge in [-0.3, -0.25) is 14.4 Å². The average Bonchev–Trinajstić information content (AvgIpc) is 2.73. The fourth-order valence-corrected chi connectivity index (χ4v) is 2.95. The molecule has 138 valence electrons. The Morgan fingerprint density at radius 2 is 1.29 bits per heavy atom. The minimum atomic E-state index is -1.40. The lowest BCUT2D eigenvalue weighted by Crippen LogP contribution is -2.31. The maximum absolute atomic E-state index is 13.1. The second-order valence-electron chi connectivity index (χ2n) is 6.54. The summed E-state index contributed by atoms with van der Waals surface area (Å²) in [5.74, 6) is -2.90. The summed E-state index contributed by atoms with van der Waals surface area (Å²) >= 11 is 0. The molecule has 0 fully saturated rings. The van der Waals surface area contributed by atoms with E-state index in [1.165, 1.54) is 6.08 Å². The van der Waals surface area contributed by atoms with Crippen LogP contribution in [0.2, 0.25) is 0 Å². The summed E-state index contributed by atoms with van der Waals surface area (Å²) < 4.78 is 0. The van der Waals surface area contributed by atoms with E-state index in [9.17, 15) is 14.4 Å². The van der Waals surface area contributed by atoms with Gasteiger partial charge >= 0.3 is 0 Å².